The van der Waals surface area contributed by atoms with Crippen molar-refractivity contribution in [3.8, 4) is 0 Å². The summed E-state index contributed by atoms with van der Waals surface area (Å²) >= 11 is 0. The van der Waals surface area contributed by atoms with Crippen molar-refractivity contribution in [2.45, 2.75) is 89.6 Å². The summed E-state index contributed by atoms with van der Waals surface area (Å²) in [5.41, 5.74) is -0.0262. The van der Waals surface area contributed by atoms with E-state index in [1.807, 2.05) is 0 Å². The Balaban J connectivity index is 0.000000171. The number of carbonyl (C=O) groups is 2. The maximum Gasteiger partial charge on any atom is 0.238 e. The van der Waals surface area contributed by atoms with E-state index in [9.17, 15) is 9.59 Å². The summed E-state index contributed by atoms with van der Waals surface area (Å²) in [5.74, 6) is 0.378. The van der Waals surface area contributed by atoms with Crippen LogP contribution in [0.3, 0.4) is 0 Å². The lowest BCUT2D eigenvalue weighted by molar-refractivity contribution is -0.138. The third kappa shape index (κ3) is 4.98. The van der Waals surface area contributed by atoms with Crippen molar-refractivity contribution in [3.05, 3.63) is 0 Å². The standard InChI is InChI=1S/2C11H21N3O/c1-10(2,3)14-6-4-11(5-7-14)12-8-9(15)13-11;1-10(2,3)14-9(15)8-13-11(14)4-6-12-7-5-11/h12H,4-8H2,1-3H3,(H,13,15);12-13H,4-8H2,1-3H3. The molecule has 0 radical (unpaired) electrons. The van der Waals surface area contributed by atoms with Gasteiger partial charge >= 0.3 is 0 Å². The largest absolute Gasteiger partial charge is 0.337 e. The first-order valence-corrected chi connectivity index (χ1v) is 11.5. The first-order valence-electron chi connectivity index (χ1n) is 11.5. The summed E-state index contributed by atoms with van der Waals surface area (Å²) in [5, 5.41) is 13.1. The molecule has 30 heavy (non-hydrogen) atoms. The van der Waals surface area contributed by atoms with Gasteiger partial charge in [0.25, 0.3) is 0 Å². The van der Waals surface area contributed by atoms with Crippen LogP contribution in [0.2, 0.25) is 0 Å². The lowest BCUT2D eigenvalue weighted by atomic mass is 9.92. The molecule has 2 amide bonds. The van der Waals surface area contributed by atoms with Gasteiger partial charge in [-0.2, -0.15) is 0 Å². The van der Waals surface area contributed by atoms with Gasteiger partial charge in [-0.05, 0) is 80.3 Å². The Morgan fingerprint density at radius 1 is 0.800 bits per heavy atom. The predicted molar refractivity (Wildman–Crippen MR) is 119 cm³/mol. The molecule has 0 aromatic carbocycles. The number of rotatable bonds is 0. The molecule has 172 valence electrons. The second-order valence-electron chi connectivity index (χ2n) is 11.2. The Bertz CT molecular complexity index is 637. The van der Waals surface area contributed by atoms with E-state index < -0.39 is 0 Å². The van der Waals surface area contributed by atoms with Gasteiger partial charge in [0, 0.05) is 24.2 Å². The van der Waals surface area contributed by atoms with Crippen molar-refractivity contribution >= 4 is 11.8 Å². The van der Waals surface area contributed by atoms with Crippen LogP contribution in [0.25, 0.3) is 0 Å². The number of hydrogen-bond acceptors (Lipinski definition) is 6. The summed E-state index contributed by atoms with van der Waals surface area (Å²) in [6, 6.07) is 0. The zero-order valence-electron chi connectivity index (χ0n) is 19.8. The molecular formula is C22H42N6O2. The van der Waals surface area contributed by atoms with Crippen LogP contribution >= 0.6 is 0 Å². The van der Waals surface area contributed by atoms with Gasteiger partial charge in [-0.15, -0.1) is 0 Å². The van der Waals surface area contributed by atoms with Gasteiger partial charge in [-0.1, -0.05) is 0 Å². The molecule has 4 N–H and O–H groups in total. The second-order valence-corrected chi connectivity index (χ2v) is 11.2. The number of likely N-dealkylation sites (tertiary alicyclic amines) is 1. The van der Waals surface area contributed by atoms with Crippen LogP contribution < -0.4 is 21.3 Å². The fourth-order valence-electron chi connectivity index (χ4n) is 5.36. The quantitative estimate of drug-likeness (QED) is 0.457. The molecule has 0 atom stereocenters. The average Bonchev–Trinajstić information content (AvgIpc) is 3.16. The van der Waals surface area contributed by atoms with Crippen molar-refractivity contribution in [3.63, 3.8) is 0 Å². The van der Waals surface area contributed by atoms with E-state index in [-0.39, 0.29) is 34.2 Å². The van der Waals surface area contributed by atoms with Gasteiger partial charge in [0.15, 0.2) is 0 Å². The highest BCUT2D eigenvalue weighted by molar-refractivity contribution is 5.82. The summed E-state index contributed by atoms with van der Waals surface area (Å²) < 4.78 is 0. The number of nitrogens with zero attached hydrogens (tertiary/aromatic N) is 2. The third-order valence-corrected chi connectivity index (χ3v) is 6.88. The highest BCUT2D eigenvalue weighted by atomic mass is 16.2. The molecular weight excluding hydrogens is 380 g/mol. The molecule has 0 saturated carbocycles. The molecule has 0 unspecified atom stereocenters. The molecule has 8 nitrogen and oxygen atoms in total. The maximum atomic E-state index is 11.9. The Kier molecular flexibility index (Phi) is 6.54. The third-order valence-electron chi connectivity index (χ3n) is 6.88. The summed E-state index contributed by atoms with van der Waals surface area (Å²) in [6.07, 6.45) is 4.04. The SMILES string of the molecule is CC(C)(C)N1C(=O)CNC12CCNCC2.CC(C)(C)N1CCC2(CC1)NCC(=O)N2. The molecule has 0 aromatic rings. The molecule has 8 heteroatoms. The zero-order valence-corrected chi connectivity index (χ0v) is 19.8. The molecule has 0 aliphatic carbocycles. The normalized spacial score (nSPS) is 26.7. The number of piperidine rings is 2. The first-order chi connectivity index (χ1) is 13.9. The molecule has 2 spiro atoms. The maximum absolute atomic E-state index is 11.9. The highest BCUT2D eigenvalue weighted by Gasteiger charge is 2.49. The number of carbonyl (C=O) groups excluding carboxylic acids is 2. The van der Waals surface area contributed by atoms with Crippen molar-refractivity contribution in [2.75, 3.05) is 39.3 Å². The van der Waals surface area contributed by atoms with Gasteiger partial charge in [0.05, 0.1) is 24.4 Å². The summed E-state index contributed by atoms with van der Waals surface area (Å²) in [4.78, 5) is 27.7. The monoisotopic (exact) mass is 422 g/mol. The minimum atomic E-state index is -0.0984. The average molecular weight is 423 g/mol. The van der Waals surface area contributed by atoms with Gasteiger partial charge in [0.2, 0.25) is 11.8 Å². The van der Waals surface area contributed by atoms with Crippen LogP contribution in [-0.4, -0.2) is 83.3 Å². The van der Waals surface area contributed by atoms with Crippen LogP contribution in [0.4, 0.5) is 0 Å². The second kappa shape index (κ2) is 8.37. The van der Waals surface area contributed by atoms with Gasteiger partial charge < -0.3 is 15.5 Å². The van der Waals surface area contributed by atoms with Crippen LogP contribution in [0, 0.1) is 0 Å². The van der Waals surface area contributed by atoms with E-state index in [0.29, 0.717) is 13.1 Å². The van der Waals surface area contributed by atoms with Gasteiger partial charge in [-0.25, -0.2) is 0 Å². The zero-order chi connectivity index (χ0) is 22.2. The summed E-state index contributed by atoms with van der Waals surface area (Å²) in [7, 11) is 0. The molecule has 4 aliphatic rings. The molecule has 4 aliphatic heterocycles. The minimum Gasteiger partial charge on any atom is -0.337 e. The van der Waals surface area contributed by atoms with E-state index in [1.54, 1.807) is 0 Å². The van der Waals surface area contributed by atoms with Crippen LogP contribution in [0.15, 0.2) is 0 Å². The lowest BCUT2D eigenvalue weighted by Gasteiger charge is -2.48. The molecule has 4 rings (SSSR count). The van der Waals surface area contributed by atoms with Gasteiger partial charge in [-0.3, -0.25) is 25.1 Å². The summed E-state index contributed by atoms with van der Waals surface area (Å²) in [6.45, 7) is 18.1. The topological polar surface area (TPSA) is 88.7 Å². The Labute approximate surface area is 181 Å². The molecule has 4 saturated heterocycles. The highest BCUT2D eigenvalue weighted by Crippen LogP contribution is 2.33. The molecule has 4 heterocycles. The lowest BCUT2D eigenvalue weighted by Crippen LogP contribution is -2.62. The van der Waals surface area contributed by atoms with Crippen molar-refractivity contribution < 1.29 is 9.59 Å². The van der Waals surface area contributed by atoms with Crippen LogP contribution in [0.1, 0.15) is 67.2 Å². The smallest absolute Gasteiger partial charge is 0.238 e. The van der Waals surface area contributed by atoms with Gasteiger partial charge in [0.1, 0.15) is 0 Å². The first kappa shape index (κ1) is 23.4. The van der Waals surface area contributed by atoms with E-state index in [1.165, 1.54) is 0 Å². The Morgan fingerprint density at radius 3 is 1.87 bits per heavy atom. The molecule has 4 fully saturated rings. The Hall–Kier alpha value is -1.22. The van der Waals surface area contributed by atoms with E-state index in [0.717, 1.165) is 51.9 Å². The fraction of sp³-hybridized carbons (Fsp3) is 0.909. The fourth-order valence-corrected chi connectivity index (χ4v) is 5.36. The van der Waals surface area contributed by atoms with Crippen LogP contribution in [-0.2, 0) is 9.59 Å². The minimum absolute atomic E-state index is 0.0828. The van der Waals surface area contributed by atoms with Crippen molar-refractivity contribution in [1.82, 2.24) is 31.1 Å². The number of hydrogen-bond donors (Lipinski definition) is 4. The van der Waals surface area contributed by atoms with Crippen molar-refractivity contribution in [2.24, 2.45) is 0 Å². The molecule has 0 aromatic heterocycles. The van der Waals surface area contributed by atoms with Crippen LogP contribution in [0.5, 0.6) is 0 Å². The number of amides is 2. The molecule has 0 bridgehead atoms. The van der Waals surface area contributed by atoms with E-state index in [2.05, 4.69) is 72.6 Å². The van der Waals surface area contributed by atoms with E-state index >= 15 is 0 Å². The Morgan fingerprint density at radius 2 is 1.40 bits per heavy atom. The van der Waals surface area contributed by atoms with E-state index in [4.69, 9.17) is 0 Å². The number of nitrogens with one attached hydrogen (secondary N) is 4. The van der Waals surface area contributed by atoms with Crippen molar-refractivity contribution in [1.29, 1.82) is 0 Å². The predicted octanol–water partition coefficient (Wildman–Crippen LogP) is 0.593.